The van der Waals surface area contributed by atoms with E-state index in [4.69, 9.17) is 0 Å². The van der Waals surface area contributed by atoms with Crippen LogP contribution in [0.3, 0.4) is 0 Å². The molecule has 2 aromatic carbocycles. The van der Waals surface area contributed by atoms with Gasteiger partial charge in [-0.3, -0.25) is 9.59 Å². The molecule has 2 amide bonds. The topological polar surface area (TPSA) is 49.4 Å². The lowest BCUT2D eigenvalue weighted by atomic mass is 10.0. The highest BCUT2D eigenvalue weighted by atomic mass is 16.2. The van der Waals surface area contributed by atoms with Crippen molar-refractivity contribution in [1.82, 2.24) is 0 Å². The molecule has 0 bridgehead atoms. The lowest BCUT2D eigenvalue weighted by molar-refractivity contribution is -0.117. The van der Waals surface area contributed by atoms with E-state index < -0.39 is 0 Å². The van der Waals surface area contributed by atoms with E-state index in [1.807, 2.05) is 24.3 Å². The van der Waals surface area contributed by atoms with Gasteiger partial charge in [0.15, 0.2) is 0 Å². The molecule has 0 aliphatic carbocycles. The maximum atomic E-state index is 12.1. The van der Waals surface area contributed by atoms with E-state index in [1.54, 1.807) is 11.9 Å². The van der Waals surface area contributed by atoms with Crippen molar-refractivity contribution < 1.29 is 9.59 Å². The molecule has 1 N–H and O–H groups in total. The SMILES string of the molecule is CC(=O)N(C)c1ccc(NC(=O)CCc2ccc(C)cc2C)cc1. The molecule has 0 atom stereocenters. The van der Waals surface area contributed by atoms with Crippen LogP contribution in [0.15, 0.2) is 42.5 Å². The van der Waals surface area contributed by atoms with Crippen LogP contribution in [0.5, 0.6) is 0 Å². The molecule has 0 aliphatic heterocycles. The fraction of sp³-hybridized carbons (Fsp3) is 0.300. The number of benzene rings is 2. The van der Waals surface area contributed by atoms with Crippen molar-refractivity contribution in [1.29, 1.82) is 0 Å². The minimum Gasteiger partial charge on any atom is -0.326 e. The summed E-state index contributed by atoms with van der Waals surface area (Å²) in [6, 6.07) is 13.6. The lowest BCUT2D eigenvalue weighted by Gasteiger charge is -2.15. The molecule has 0 saturated heterocycles. The first-order chi connectivity index (χ1) is 11.4. The molecule has 0 heterocycles. The maximum Gasteiger partial charge on any atom is 0.224 e. The van der Waals surface area contributed by atoms with E-state index in [-0.39, 0.29) is 11.8 Å². The predicted molar refractivity (Wildman–Crippen MR) is 98.4 cm³/mol. The summed E-state index contributed by atoms with van der Waals surface area (Å²) < 4.78 is 0. The molecule has 0 radical (unpaired) electrons. The molecule has 2 aromatic rings. The molecule has 2 rings (SSSR count). The summed E-state index contributed by atoms with van der Waals surface area (Å²) in [6.07, 6.45) is 1.17. The zero-order valence-electron chi connectivity index (χ0n) is 14.7. The number of nitrogens with one attached hydrogen (secondary N) is 1. The summed E-state index contributed by atoms with van der Waals surface area (Å²) in [5.74, 6) is -0.0390. The molecule has 0 aliphatic rings. The molecular weight excluding hydrogens is 300 g/mol. The smallest absolute Gasteiger partial charge is 0.224 e. The molecule has 0 aromatic heterocycles. The summed E-state index contributed by atoms with van der Waals surface area (Å²) in [7, 11) is 1.72. The molecule has 24 heavy (non-hydrogen) atoms. The maximum absolute atomic E-state index is 12.1. The van der Waals surface area contributed by atoms with Crippen LogP contribution < -0.4 is 10.2 Å². The Morgan fingerprint density at radius 3 is 2.29 bits per heavy atom. The van der Waals surface area contributed by atoms with Gasteiger partial charge in [-0.25, -0.2) is 0 Å². The second-order valence-corrected chi connectivity index (χ2v) is 6.10. The van der Waals surface area contributed by atoms with Crippen LogP contribution in [0.25, 0.3) is 0 Å². The van der Waals surface area contributed by atoms with Crippen LogP contribution in [-0.4, -0.2) is 18.9 Å². The van der Waals surface area contributed by atoms with E-state index in [2.05, 4.69) is 37.4 Å². The van der Waals surface area contributed by atoms with Crippen molar-refractivity contribution in [3.05, 3.63) is 59.2 Å². The van der Waals surface area contributed by atoms with E-state index in [9.17, 15) is 9.59 Å². The molecule has 4 heteroatoms. The van der Waals surface area contributed by atoms with Crippen molar-refractivity contribution in [2.45, 2.75) is 33.6 Å². The average Bonchev–Trinajstić information content (AvgIpc) is 2.54. The third kappa shape index (κ3) is 4.69. The van der Waals surface area contributed by atoms with E-state index in [0.29, 0.717) is 6.42 Å². The highest BCUT2D eigenvalue weighted by Gasteiger charge is 2.07. The first-order valence-corrected chi connectivity index (χ1v) is 8.07. The Balaban J connectivity index is 1.91. The third-order valence-corrected chi connectivity index (χ3v) is 4.13. The number of amides is 2. The normalized spacial score (nSPS) is 10.3. The Hall–Kier alpha value is -2.62. The molecule has 126 valence electrons. The summed E-state index contributed by atoms with van der Waals surface area (Å²) >= 11 is 0. The zero-order valence-corrected chi connectivity index (χ0v) is 14.7. The molecule has 0 saturated carbocycles. The van der Waals surface area contributed by atoms with Gasteiger partial charge in [0, 0.05) is 31.8 Å². The third-order valence-electron chi connectivity index (χ3n) is 4.13. The number of anilines is 2. The van der Waals surface area contributed by atoms with Gasteiger partial charge in [-0.15, -0.1) is 0 Å². The molecule has 0 unspecified atom stereocenters. The van der Waals surface area contributed by atoms with E-state index in [0.717, 1.165) is 17.8 Å². The lowest BCUT2D eigenvalue weighted by Crippen LogP contribution is -2.22. The number of carbonyl (C=O) groups excluding carboxylic acids is 2. The largest absolute Gasteiger partial charge is 0.326 e. The van der Waals surface area contributed by atoms with E-state index >= 15 is 0 Å². The second-order valence-electron chi connectivity index (χ2n) is 6.10. The first-order valence-electron chi connectivity index (χ1n) is 8.07. The van der Waals surface area contributed by atoms with Gasteiger partial charge in [-0.05, 0) is 55.7 Å². The van der Waals surface area contributed by atoms with Crippen LogP contribution in [0.2, 0.25) is 0 Å². The van der Waals surface area contributed by atoms with Crippen molar-refractivity contribution in [3.8, 4) is 0 Å². The second kappa shape index (κ2) is 7.77. The van der Waals surface area contributed by atoms with Crippen LogP contribution in [0, 0.1) is 13.8 Å². The van der Waals surface area contributed by atoms with Crippen molar-refractivity contribution >= 4 is 23.2 Å². The van der Waals surface area contributed by atoms with Crippen LogP contribution in [-0.2, 0) is 16.0 Å². The van der Waals surface area contributed by atoms with Crippen molar-refractivity contribution in [2.24, 2.45) is 0 Å². The van der Waals surface area contributed by atoms with Crippen LogP contribution in [0.4, 0.5) is 11.4 Å². The van der Waals surface area contributed by atoms with Gasteiger partial charge in [0.1, 0.15) is 0 Å². The van der Waals surface area contributed by atoms with Gasteiger partial charge >= 0.3 is 0 Å². The number of carbonyl (C=O) groups is 2. The standard InChI is InChI=1S/C20H24N2O2/c1-14-5-6-17(15(2)13-14)7-12-20(24)21-18-8-10-19(11-9-18)22(4)16(3)23/h5-6,8-11,13H,7,12H2,1-4H3,(H,21,24). The van der Waals surface area contributed by atoms with Gasteiger partial charge in [0.25, 0.3) is 0 Å². The molecular formula is C20H24N2O2. The van der Waals surface area contributed by atoms with Gasteiger partial charge in [0.05, 0.1) is 0 Å². The quantitative estimate of drug-likeness (QED) is 0.908. The highest BCUT2D eigenvalue weighted by molar-refractivity contribution is 5.93. The Labute approximate surface area is 143 Å². The fourth-order valence-corrected chi connectivity index (χ4v) is 2.55. The Kier molecular flexibility index (Phi) is 5.74. The summed E-state index contributed by atoms with van der Waals surface area (Å²) in [6.45, 7) is 5.66. The Morgan fingerprint density at radius 1 is 1.04 bits per heavy atom. The van der Waals surface area contributed by atoms with Gasteiger partial charge in [-0.2, -0.15) is 0 Å². The summed E-state index contributed by atoms with van der Waals surface area (Å²) in [4.78, 5) is 25.0. The molecule has 4 nitrogen and oxygen atoms in total. The monoisotopic (exact) mass is 324 g/mol. The number of nitrogens with zero attached hydrogens (tertiary/aromatic N) is 1. The minimum atomic E-state index is -0.0275. The number of rotatable bonds is 5. The Morgan fingerprint density at radius 2 is 1.71 bits per heavy atom. The van der Waals surface area contributed by atoms with Crippen molar-refractivity contribution in [2.75, 3.05) is 17.3 Å². The highest BCUT2D eigenvalue weighted by Crippen LogP contribution is 2.18. The van der Waals surface area contributed by atoms with Crippen LogP contribution in [0.1, 0.15) is 30.0 Å². The molecule has 0 spiro atoms. The van der Waals surface area contributed by atoms with Crippen molar-refractivity contribution in [3.63, 3.8) is 0 Å². The predicted octanol–water partition coefficient (Wildman–Crippen LogP) is 3.86. The number of hydrogen-bond acceptors (Lipinski definition) is 2. The van der Waals surface area contributed by atoms with Crippen LogP contribution >= 0.6 is 0 Å². The van der Waals surface area contributed by atoms with Gasteiger partial charge < -0.3 is 10.2 Å². The Bertz CT molecular complexity index is 736. The summed E-state index contributed by atoms with van der Waals surface area (Å²) in [5.41, 5.74) is 5.20. The minimum absolute atomic E-state index is 0.0114. The zero-order chi connectivity index (χ0) is 17.7. The first kappa shape index (κ1) is 17.7. The van der Waals surface area contributed by atoms with E-state index in [1.165, 1.54) is 23.6 Å². The van der Waals surface area contributed by atoms with Gasteiger partial charge in [-0.1, -0.05) is 23.8 Å². The molecule has 0 fully saturated rings. The van der Waals surface area contributed by atoms with Gasteiger partial charge in [0.2, 0.25) is 11.8 Å². The average molecular weight is 324 g/mol. The number of aryl methyl sites for hydroxylation is 3. The summed E-state index contributed by atoms with van der Waals surface area (Å²) in [5, 5.41) is 2.90. The fourth-order valence-electron chi connectivity index (χ4n) is 2.55. The number of hydrogen-bond donors (Lipinski definition) is 1.